The third-order valence-electron chi connectivity index (χ3n) is 4.17. The van der Waals surface area contributed by atoms with Gasteiger partial charge in [-0.1, -0.05) is 6.07 Å². The number of nitrogens with zero attached hydrogens (tertiary/aromatic N) is 1. The Labute approximate surface area is 146 Å². The van der Waals surface area contributed by atoms with Gasteiger partial charge in [0.15, 0.2) is 0 Å². The Kier molecular flexibility index (Phi) is 5.85. The van der Waals surface area contributed by atoms with Crippen LogP contribution in [-0.2, 0) is 4.74 Å². The van der Waals surface area contributed by atoms with Crippen molar-refractivity contribution in [2.45, 2.75) is 6.04 Å². The fraction of sp³-hybridized carbons (Fsp3) is 0.389. The Bertz CT molecular complexity index is 637. The Balaban J connectivity index is 1.65. The first kappa shape index (κ1) is 17.0. The molecule has 0 radical (unpaired) electrons. The molecule has 6 heteroatoms. The minimum atomic E-state index is -0.0625. The summed E-state index contributed by atoms with van der Waals surface area (Å²) in [7, 11) is 1.61. The normalized spacial score (nSPS) is 16.5. The van der Waals surface area contributed by atoms with Gasteiger partial charge in [0.05, 0.1) is 26.4 Å². The highest BCUT2D eigenvalue weighted by atomic mass is 32.1. The number of thiophene rings is 1. The zero-order valence-electron chi connectivity index (χ0n) is 13.7. The number of nitrogens with one attached hydrogen (secondary N) is 1. The van der Waals surface area contributed by atoms with Gasteiger partial charge in [-0.25, -0.2) is 0 Å². The monoisotopic (exact) mass is 346 g/mol. The number of hydrogen-bond acceptors (Lipinski definition) is 5. The third-order valence-corrected chi connectivity index (χ3v) is 5.14. The van der Waals surface area contributed by atoms with E-state index in [1.807, 2.05) is 0 Å². The predicted molar refractivity (Wildman–Crippen MR) is 94.8 cm³/mol. The first-order valence-corrected chi connectivity index (χ1v) is 8.93. The quantitative estimate of drug-likeness (QED) is 0.873. The molecule has 0 bridgehead atoms. The maximum Gasteiger partial charge on any atom is 0.251 e. The molecule has 1 fully saturated rings. The zero-order valence-corrected chi connectivity index (χ0v) is 14.6. The Hall–Kier alpha value is -1.89. The van der Waals surface area contributed by atoms with E-state index in [0.717, 1.165) is 32.1 Å². The summed E-state index contributed by atoms with van der Waals surface area (Å²) in [5.74, 6) is 0.684. The van der Waals surface area contributed by atoms with Crippen molar-refractivity contribution in [3.05, 3.63) is 52.2 Å². The fourth-order valence-corrected chi connectivity index (χ4v) is 3.67. The molecule has 2 aromatic rings. The van der Waals surface area contributed by atoms with Gasteiger partial charge in [0.1, 0.15) is 5.75 Å². The maximum absolute atomic E-state index is 12.4. The first-order chi connectivity index (χ1) is 11.8. The summed E-state index contributed by atoms with van der Waals surface area (Å²) < 4.78 is 10.6. The van der Waals surface area contributed by atoms with Crippen LogP contribution < -0.4 is 10.1 Å². The number of rotatable bonds is 6. The zero-order chi connectivity index (χ0) is 16.8. The van der Waals surface area contributed by atoms with E-state index in [1.165, 1.54) is 4.88 Å². The number of morpholine rings is 1. The number of carbonyl (C=O) groups excluding carboxylic acids is 1. The second kappa shape index (κ2) is 8.28. The van der Waals surface area contributed by atoms with Crippen molar-refractivity contribution >= 4 is 17.2 Å². The van der Waals surface area contributed by atoms with Crippen LogP contribution in [0.5, 0.6) is 5.75 Å². The van der Waals surface area contributed by atoms with Crippen LogP contribution in [0.15, 0.2) is 41.8 Å². The lowest BCUT2D eigenvalue weighted by molar-refractivity contribution is 0.0169. The number of hydrogen-bond donors (Lipinski definition) is 1. The van der Waals surface area contributed by atoms with Gasteiger partial charge in [-0.3, -0.25) is 9.69 Å². The number of ether oxygens (including phenoxy) is 2. The van der Waals surface area contributed by atoms with Crippen LogP contribution in [-0.4, -0.2) is 50.8 Å². The molecule has 24 heavy (non-hydrogen) atoms. The summed E-state index contributed by atoms with van der Waals surface area (Å²) in [4.78, 5) is 16.1. The largest absolute Gasteiger partial charge is 0.497 e. The Morgan fingerprint density at radius 2 is 2.04 bits per heavy atom. The van der Waals surface area contributed by atoms with E-state index >= 15 is 0 Å². The van der Waals surface area contributed by atoms with E-state index in [9.17, 15) is 4.79 Å². The van der Waals surface area contributed by atoms with Gasteiger partial charge in [0.25, 0.3) is 5.91 Å². The minimum Gasteiger partial charge on any atom is -0.497 e. The molecular formula is C18H22N2O3S. The van der Waals surface area contributed by atoms with Crippen molar-refractivity contribution < 1.29 is 14.3 Å². The van der Waals surface area contributed by atoms with E-state index in [2.05, 4.69) is 27.7 Å². The molecule has 0 spiro atoms. The SMILES string of the molecule is COc1ccc(C(=O)NC[C@@H](c2cccs2)N2CCOCC2)cc1. The smallest absolute Gasteiger partial charge is 0.251 e. The summed E-state index contributed by atoms with van der Waals surface area (Å²) >= 11 is 1.73. The van der Waals surface area contributed by atoms with Crippen molar-refractivity contribution in [3.8, 4) is 5.75 Å². The average Bonchev–Trinajstić information content (AvgIpc) is 3.17. The molecule has 0 aliphatic carbocycles. The van der Waals surface area contributed by atoms with Crippen molar-refractivity contribution in [1.29, 1.82) is 0 Å². The van der Waals surface area contributed by atoms with E-state index in [0.29, 0.717) is 12.1 Å². The van der Waals surface area contributed by atoms with Crippen molar-refractivity contribution in [2.75, 3.05) is 40.0 Å². The molecule has 1 aromatic carbocycles. The van der Waals surface area contributed by atoms with Crippen molar-refractivity contribution in [1.82, 2.24) is 10.2 Å². The lowest BCUT2D eigenvalue weighted by Gasteiger charge is -2.34. The molecule has 3 rings (SSSR count). The highest BCUT2D eigenvalue weighted by molar-refractivity contribution is 7.10. The first-order valence-electron chi connectivity index (χ1n) is 8.05. The second-order valence-electron chi connectivity index (χ2n) is 5.62. The molecule has 0 unspecified atom stereocenters. The van der Waals surface area contributed by atoms with E-state index in [1.54, 1.807) is 42.7 Å². The lowest BCUT2D eigenvalue weighted by Crippen LogP contribution is -2.43. The molecule has 1 saturated heterocycles. The van der Waals surface area contributed by atoms with E-state index in [4.69, 9.17) is 9.47 Å². The highest BCUT2D eigenvalue weighted by Gasteiger charge is 2.24. The molecule has 1 amide bonds. The minimum absolute atomic E-state index is 0.0625. The van der Waals surface area contributed by atoms with E-state index in [-0.39, 0.29) is 11.9 Å². The molecule has 1 atom stereocenters. The molecule has 5 nitrogen and oxygen atoms in total. The van der Waals surface area contributed by atoms with Crippen LogP contribution in [0.4, 0.5) is 0 Å². The van der Waals surface area contributed by atoms with Crippen LogP contribution in [0.25, 0.3) is 0 Å². The molecule has 128 valence electrons. The predicted octanol–water partition coefficient (Wildman–Crippen LogP) is 2.56. The average molecular weight is 346 g/mol. The topological polar surface area (TPSA) is 50.8 Å². The summed E-state index contributed by atoms with van der Waals surface area (Å²) in [6.45, 7) is 3.86. The van der Waals surface area contributed by atoms with E-state index < -0.39 is 0 Å². The number of benzene rings is 1. The number of methoxy groups -OCH3 is 1. The number of carbonyl (C=O) groups is 1. The summed E-state index contributed by atoms with van der Waals surface area (Å²) in [6, 6.07) is 11.5. The van der Waals surface area contributed by atoms with Gasteiger partial charge in [0.2, 0.25) is 0 Å². The standard InChI is InChI=1S/C18H22N2O3S/c1-22-15-6-4-14(5-7-15)18(21)19-13-16(17-3-2-12-24-17)20-8-10-23-11-9-20/h2-7,12,16H,8-11,13H2,1H3,(H,19,21)/t16-/m0/s1. The maximum atomic E-state index is 12.4. The number of amides is 1. The lowest BCUT2D eigenvalue weighted by atomic mass is 10.1. The Morgan fingerprint density at radius 1 is 1.29 bits per heavy atom. The highest BCUT2D eigenvalue weighted by Crippen LogP contribution is 2.25. The van der Waals surface area contributed by atoms with Gasteiger partial charge in [-0.2, -0.15) is 0 Å². The van der Waals surface area contributed by atoms with Gasteiger partial charge < -0.3 is 14.8 Å². The molecule has 1 aromatic heterocycles. The van der Waals surface area contributed by atoms with Crippen LogP contribution >= 0.6 is 11.3 Å². The van der Waals surface area contributed by atoms with Gasteiger partial charge in [-0.15, -0.1) is 11.3 Å². The third kappa shape index (κ3) is 4.14. The van der Waals surface area contributed by atoms with Gasteiger partial charge in [-0.05, 0) is 35.7 Å². The van der Waals surface area contributed by atoms with Crippen LogP contribution in [0.2, 0.25) is 0 Å². The van der Waals surface area contributed by atoms with Gasteiger partial charge in [0, 0.05) is 30.1 Å². The molecule has 2 heterocycles. The Morgan fingerprint density at radius 3 is 2.67 bits per heavy atom. The summed E-state index contributed by atoms with van der Waals surface area (Å²) in [6.07, 6.45) is 0. The fourth-order valence-electron chi connectivity index (χ4n) is 2.81. The molecular weight excluding hydrogens is 324 g/mol. The molecule has 1 aliphatic rings. The molecule has 1 aliphatic heterocycles. The van der Waals surface area contributed by atoms with Gasteiger partial charge >= 0.3 is 0 Å². The summed E-state index contributed by atoms with van der Waals surface area (Å²) in [5, 5.41) is 5.14. The van der Waals surface area contributed by atoms with Crippen LogP contribution in [0, 0.1) is 0 Å². The molecule has 0 saturated carbocycles. The van der Waals surface area contributed by atoms with Crippen molar-refractivity contribution in [2.24, 2.45) is 0 Å². The van der Waals surface area contributed by atoms with Crippen LogP contribution in [0.1, 0.15) is 21.3 Å². The second-order valence-corrected chi connectivity index (χ2v) is 6.60. The molecule has 1 N–H and O–H groups in total. The van der Waals surface area contributed by atoms with Crippen LogP contribution in [0.3, 0.4) is 0 Å². The van der Waals surface area contributed by atoms with Crippen molar-refractivity contribution in [3.63, 3.8) is 0 Å². The summed E-state index contributed by atoms with van der Waals surface area (Å²) in [5.41, 5.74) is 0.641.